The van der Waals surface area contributed by atoms with E-state index in [0.717, 1.165) is 24.5 Å². The fraction of sp³-hybridized carbons (Fsp3) is 0.294. The quantitative estimate of drug-likeness (QED) is 0.926. The zero-order chi connectivity index (χ0) is 13.8. The Bertz CT molecular complexity index is 595. The lowest BCUT2D eigenvalue weighted by Gasteiger charge is -2.19. The second-order valence-electron chi connectivity index (χ2n) is 5.01. The van der Waals surface area contributed by atoms with Crippen molar-refractivity contribution in [2.45, 2.75) is 13.0 Å². The lowest BCUT2D eigenvalue weighted by Crippen LogP contribution is -2.15. The molecule has 104 valence electrons. The highest BCUT2D eigenvalue weighted by Crippen LogP contribution is 2.31. The molecule has 1 aliphatic rings. The van der Waals surface area contributed by atoms with Crippen LogP contribution >= 0.6 is 0 Å². The first-order valence-electron chi connectivity index (χ1n) is 6.96. The van der Waals surface area contributed by atoms with Gasteiger partial charge >= 0.3 is 0 Å². The number of rotatable bonds is 4. The molecule has 2 aromatic rings. The summed E-state index contributed by atoms with van der Waals surface area (Å²) < 4.78 is 11.2. The molecule has 1 aliphatic heterocycles. The summed E-state index contributed by atoms with van der Waals surface area (Å²) in [6, 6.07) is 14.9. The van der Waals surface area contributed by atoms with Crippen molar-refractivity contribution in [2.24, 2.45) is 0 Å². The topological polar surface area (TPSA) is 30.5 Å². The molecule has 0 saturated carbocycles. The van der Waals surface area contributed by atoms with E-state index in [4.69, 9.17) is 9.47 Å². The van der Waals surface area contributed by atoms with Gasteiger partial charge in [-0.2, -0.15) is 0 Å². The van der Waals surface area contributed by atoms with Crippen LogP contribution in [0.3, 0.4) is 0 Å². The first kappa shape index (κ1) is 13.0. The first-order chi connectivity index (χ1) is 9.85. The van der Waals surface area contributed by atoms with Gasteiger partial charge in [0.05, 0.1) is 0 Å². The minimum absolute atomic E-state index is 0.633. The third-order valence-electron chi connectivity index (χ3n) is 3.39. The number of nitrogens with one attached hydrogen (secondary N) is 1. The van der Waals surface area contributed by atoms with Crippen LogP contribution in [0.5, 0.6) is 11.5 Å². The van der Waals surface area contributed by atoms with Crippen molar-refractivity contribution in [3.05, 3.63) is 59.2 Å². The second-order valence-corrected chi connectivity index (χ2v) is 5.01. The Kier molecular flexibility index (Phi) is 3.88. The summed E-state index contributed by atoms with van der Waals surface area (Å²) in [6.07, 6.45) is 0.911. The highest BCUT2D eigenvalue weighted by molar-refractivity contribution is 5.45. The maximum absolute atomic E-state index is 5.63. The van der Waals surface area contributed by atoms with Gasteiger partial charge in [0.1, 0.15) is 13.2 Å². The largest absolute Gasteiger partial charge is 0.486 e. The summed E-state index contributed by atoms with van der Waals surface area (Å²) in [5.41, 5.74) is 3.87. The summed E-state index contributed by atoms with van der Waals surface area (Å²) in [6.45, 7) is 2.17. The van der Waals surface area contributed by atoms with E-state index in [1.54, 1.807) is 0 Å². The van der Waals surface area contributed by atoms with Gasteiger partial charge in [0.25, 0.3) is 0 Å². The van der Waals surface area contributed by atoms with Crippen LogP contribution in [0.25, 0.3) is 0 Å². The van der Waals surface area contributed by atoms with E-state index >= 15 is 0 Å². The molecule has 20 heavy (non-hydrogen) atoms. The van der Waals surface area contributed by atoms with Gasteiger partial charge in [0, 0.05) is 6.54 Å². The van der Waals surface area contributed by atoms with Crippen molar-refractivity contribution < 1.29 is 9.47 Å². The van der Waals surface area contributed by atoms with E-state index in [0.29, 0.717) is 13.2 Å². The van der Waals surface area contributed by atoms with Gasteiger partial charge in [-0.25, -0.2) is 0 Å². The highest BCUT2D eigenvalue weighted by Gasteiger charge is 2.11. The first-order valence-corrected chi connectivity index (χ1v) is 6.96. The van der Waals surface area contributed by atoms with Crippen LogP contribution in [0.2, 0.25) is 0 Å². The minimum atomic E-state index is 0.633. The van der Waals surface area contributed by atoms with Crippen LogP contribution in [0.1, 0.15) is 16.7 Å². The summed E-state index contributed by atoms with van der Waals surface area (Å²) in [4.78, 5) is 0. The van der Waals surface area contributed by atoms with Crippen LogP contribution < -0.4 is 14.8 Å². The highest BCUT2D eigenvalue weighted by atomic mass is 16.6. The zero-order valence-corrected chi connectivity index (χ0v) is 11.7. The number of benzene rings is 2. The molecule has 0 aromatic heterocycles. The van der Waals surface area contributed by atoms with E-state index in [1.165, 1.54) is 16.7 Å². The maximum Gasteiger partial charge on any atom is 0.161 e. The predicted molar refractivity (Wildman–Crippen MR) is 79.4 cm³/mol. The van der Waals surface area contributed by atoms with Gasteiger partial charge in [-0.1, -0.05) is 30.3 Å². The molecule has 0 amide bonds. The Morgan fingerprint density at radius 3 is 2.50 bits per heavy atom. The van der Waals surface area contributed by atoms with Crippen LogP contribution in [0, 0.1) is 0 Å². The normalized spacial score (nSPS) is 13.2. The smallest absolute Gasteiger partial charge is 0.161 e. The summed E-state index contributed by atoms with van der Waals surface area (Å²) in [7, 11) is 1.97. The lowest BCUT2D eigenvalue weighted by atomic mass is 10.0. The van der Waals surface area contributed by atoms with Gasteiger partial charge in [-0.3, -0.25) is 0 Å². The van der Waals surface area contributed by atoms with Crippen molar-refractivity contribution >= 4 is 0 Å². The summed E-state index contributed by atoms with van der Waals surface area (Å²) in [5.74, 6) is 1.71. The van der Waals surface area contributed by atoms with Crippen molar-refractivity contribution in [3.63, 3.8) is 0 Å². The molecule has 1 N–H and O–H groups in total. The van der Waals surface area contributed by atoms with E-state index in [2.05, 4.69) is 41.7 Å². The zero-order valence-electron chi connectivity index (χ0n) is 11.7. The van der Waals surface area contributed by atoms with Gasteiger partial charge in [0.15, 0.2) is 11.5 Å². The van der Waals surface area contributed by atoms with Crippen LogP contribution in [-0.4, -0.2) is 20.3 Å². The van der Waals surface area contributed by atoms with Gasteiger partial charge < -0.3 is 14.8 Å². The molecular weight excluding hydrogens is 250 g/mol. The molecule has 0 bridgehead atoms. The van der Waals surface area contributed by atoms with Crippen LogP contribution in [0.4, 0.5) is 0 Å². The second kappa shape index (κ2) is 5.97. The average Bonchev–Trinajstić information content (AvgIpc) is 2.48. The van der Waals surface area contributed by atoms with E-state index in [9.17, 15) is 0 Å². The van der Waals surface area contributed by atoms with E-state index in [-0.39, 0.29) is 0 Å². The Morgan fingerprint density at radius 2 is 1.65 bits per heavy atom. The molecule has 0 atom stereocenters. The molecule has 0 aliphatic carbocycles. The molecule has 0 fully saturated rings. The van der Waals surface area contributed by atoms with Crippen molar-refractivity contribution in [1.82, 2.24) is 5.32 Å². The van der Waals surface area contributed by atoms with Crippen molar-refractivity contribution in [3.8, 4) is 11.5 Å². The molecule has 3 rings (SSSR count). The van der Waals surface area contributed by atoms with Gasteiger partial charge in [-0.15, -0.1) is 0 Å². The monoisotopic (exact) mass is 269 g/mol. The lowest BCUT2D eigenvalue weighted by molar-refractivity contribution is 0.171. The van der Waals surface area contributed by atoms with Crippen LogP contribution in [-0.2, 0) is 13.0 Å². The molecule has 1 heterocycles. The SMILES string of the molecule is CNCc1cccc(Cc2ccc3c(c2)OCCO3)c1. The molecule has 3 heteroatoms. The van der Waals surface area contributed by atoms with Crippen LogP contribution in [0.15, 0.2) is 42.5 Å². The number of ether oxygens (including phenoxy) is 2. The number of hydrogen-bond donors (Lipinski definition) is 1. The molecular formula is C17H19NO2. The third kappa shape index (κ3) is 2.94. The Morgan fingerprint density at radius 1 is 0.900 bits per heavy atom. The maximum atomic E-state index is 5.63. The van der Waals surface area contributed by atoms with E-state index in [1.807, 2.05) is 13.1 Å². The molecule has 2 aromatic carbocycles. The fourth-order valence-corrected chi connectivity index (χ4v) is 2.49. The Balaban J connectivity index is 1.78. The average molecular weight is 269 g/mol. The Hall–Kier alpha value is -2.00. The standard InChI is InChI=1S/C17H19NO2/c1-18-12-15-4-2-3-13(10-15)9-14-5-6-16-17(11-14)20-8-7-19-16/h2-6,10-11,18H,7-9,12H2,1H3. The molecule has 3 nitrogen and oxygen atoms in total. The number of fused-ring (bicyclic) bond motifs is 1. The molecule has 0 spiro atoms. The molecule has 0 radical (unpaired) electrons. The predicted octanol–water partition coefficient (Wildman–Crippen LogP) is 2.77. The summed E-state index contributed by atoms with van der Waals surface area (Å²) in [5, 5.41) is 3.18. The fourth-order valence-electron chi connectivity index (χ4n) is 2.49. The van der Waals surface area contributed by atoms with Crippen molar-refractivity contribution in [1.29, 1.82) is 0 Å². The summed E-state index contributed by atoms with van der Waals surface area (Å²) >= 11 is 0. The van der Waals surface area contributed by atoms with Crippen molar-refractivity contribution in [2.75, 3.05) is 20.3 Å². The Labute approximate surface area is 119 Å². The number of hydrogen-bond acceptors (Lipinski definition) is 3. The van der Waals surface area contributed by atoms with Gasteiger partial charge in [-0.05, 0) is 42.3 Å². The third-order valence-corrected chi connectivity index (χ3v) is 3.39. The minimum Gasteiger partial charge on any atom is -0.486 e. The van der Waals surface area contributed by atoms with E-state index < -0.39 is 0 Å². The molecule has 0 unspecified atom stereocenters. The van der Waals surface area contributed by atoms with Gasteiger partial charge in [0.2, 0.25) is 0 Å². The molecule has 0 saturated heterocycles.